The Kier molecular flexibility index (Phi) is 4.62. The van der Waals surface area contributed by atoms with Crippen LogP contribution in [-0.2, 0) is 12.7 Å². The van der Waals surface area contributed by atoms with Crippen LogP contribution in [0.5, 0.6) is 0 Å². The number of aromatic nitrogens is 3. The number of halogens is 4. The van der Waals surface area contributed by atoms with E-state index in [9.17, 15) is 18.0 Å². The van der Waals surface area contributed by atoms with Crippen LogP contribution in [0.3, 0.4) is 0 Å². The normalized spacial score (nSPS) is 11.8. The number of rotatable bonds is 2. The van der Waals surface area contributed by atoms with Gasteiger partial charge in [0.1, 0.15) is 11.0 Å². The van der Waals surface area contributed by atoms with Gasteiger partial charge in [0.05, 0.1) is 10.6 Å². The maximum absolute atomic E-state index is 12.8. The maximum atomic E-state index is 12.8. The number of hydrogen-bond donors (Lipinski definition) is 1. The SMILES string of the molecule is Cc1ccc(CNC(=O)n2nnc3cc(C(F)(F)F)cc(Cl)c32)cc1C. The zero-order chi connectivity index (χ0) is 19.1. The molecule has 0 unspecified atom stereocenters. The topological polar surface area (TPSA) is 59.8 Å². The molecule has 0 atom stereocenters. The average Bonchev–Trinajstić information content (AvgIpc) is 2.99. The predicted molar refractivity (Wildman–Crippen MR) is 91.1 cm³/mol. The number of aryl methyl sites for hydroxylation is 2. The molecule has 9 heteroatoms. The molecule has 26 heavy (non-hydrogen) atoms. The molecular weight excluding hydrogens is 369 g/mol. The van der Waals surface area contributed by atoms with E-state index in [0.717, 1.165) is 33.5 Å². The van der Waals surface area contributed by atoms with E-state index in [1.165, 1.54) is 0 Å². The summed E-state index contributed by atoms with van der Waals surface area (Å²) >= 11 is 5.93. The van der Waals surface area contributed by atoms with Crippen LogP contribution in [-0.4, -0.2) is 21.0 Å². The van der Waals surface area contributed by atoms with Crippen molar-refractivity contribution in [3.05, 3.63) is 57.6 Å². The minimum absolute atomic E-state index is 0.0252. The Hall–Kier alpha value is -2.61. The fraction of sp³-hybridized carbons (Fsp3) is 0.235. The van der Waals surface area contributed by atoms with Crippen molar-refractivity contribution >= 4 is 28.7 Å². The van der Waals surface area contributed by atoms with Crippen LogP contribution < -0.4 is 5.32 Å². The Morgan fingerprint density at radius 3 is 2.58 bits per heavy atom. The lowest BCUT2D eigenvalue weighted by Gasteiger charge is -2.09. The Labute approximate surface area is 151 Å². The first kappa shape index (κ1) is 18.2. The molecule has 0 saturated heterocycles. The van der Waals surface area contributed by atoms with Crippen molar-refractivity contribution in [2.75, 3.05) is 0 Å². The molecule has 3 rings (SSSR count). The number of carbonyl (C=O) groups is 1. The number of amides is 1. The molecule has 0 aliphatic heterocycles. The van der Waals surface area contributed by atoms with Gasteiger partial charge in [-0.15, -0.1) is 5.10 Å². The monoisotopic (exact) mass is 382 g/mol. The summed E-state index contributed by atoms with van der Waals surface area (Å²) in [6, 6.07) is 6.69. The molecule has 0 spiro atoms. The largest absolute Gasteiger partial charge is 0.416 e. The van der Waals surface area contributed by atoms with Crippen LogP contribution >= 0.6 is 11.6 Å². The second-order valence-electron chi connectivity index (χ2n) is 5.90. The summed E-state index contributed by atoms with van der Waals surface area (Å²) < 4.78 is 39.4. The Morgan fingerprint density at radius 2 is 1.92 bits per heavy atom. The molecule has 136 valence electrons. The first-order valence-corrected chi connectivity index (χ1v) is 8.01. The van der Waals surface area contributed by atoms with Gasteiger partial charge in [0, 0.05) is 6.54 Å². The summed E-state index contributed by atoms with van der Waals surface area (Å²) in [7, 11) is 0. The van der Waals surface area contributed by atoms with Gasteiger partial charge in [-0.3, -0.25) is 0 Å². The zero-order valence-electron chi connectivity index (χ0n) is 13.9. The van der Waals surface area contributed by atoms with Crippen LogP contribution in [0.1, 0.15) is 22.3 Å². The summed E-state index contributed by atoms with van der Waals surface area (Å²) in [5.74, 6) is 0. The molecule has 5 nitrogen and oxygen atoms in total. The lowest BCUT2D eigenvalue weighted by atomic mass is 10.1. The van der Waals surface area contributed by atoms with Crippen molar-refractivity contribution in [1.82, 2.24) is 20.3 Å². The quantitative estimate of drug-likeness (QED) is 0.711. The van der Waals surface area contributed by atoms with Crippen molar-refractivity contribution < 1.29 is 18.0 Å². The third kappa shape index (κ3) is 3.50. The minimum Gasteiger partial charge on any atom is -0.332 e. The van der Waals surface area contributed by atoms with E-state index >= 15 is 0 Å². The lowest BCUT2D eigenvalue weighted by Crippen LogP contribution is -2.29. The van der Waals surface area contributed by atoms with Gasteiger partial charge < -0.3 is 5.32 Å². The van der Waals surface area contributed by atoms with Crippen LogP contribution in [0.25, 0.3) is 11.0 Å². The number of benzene rings is 2. The summed E-state index contributed by atoms with van der Waals surface area (Å²) in [6.45, 7) is 4.18. The highest BCUT2D eigenvalue weighted by molar-refractivity contribution is 6.35. The molecule has 0 bridgehead atoms. The first-order chi connectivity index (χ1) is 12.2. The number of fused-ring (bicyclic) bond motifs is 1. The third-order valence-electron chi connectivity index (χ3n) is 4.03. The molecule has 1 N–H and O–H groups in total. The van der Waals surface area contributed by atoms with Gasteiger partial charge in [0.15, 0.2) is 0 Å². The molecule has 1 amide bonds. The Balaban J connectivity index is 1.85. The van der Waals surface area contributed by atoms with Crippen molar-refractivity contribution in [2.45, 2.75) is 26.6 Å². The van der Waals surface area contributed by atoms with Gasteiger partial charge in [0.25, 0.3) is 0 Å². The molecule has 0 aliphatic rings. The highest BCUT2D eigenvalue weighted by Crippen LogP contribution is 2.34. The molecule has 0 radical (unpaired) electrons. The highest BCUT2D eigenvalue weighted by atomic mass is 35.5. The Bertz CT molecular complexity index is 998. The molecule has 1 aromatic heterocycles. The van der Waals surface area contributed by atoms with E-state index in [4.69, 9.17) is 11.6 Å². The zero-order valence-corrected chi connectivity index (χ0v) is 14.6. The van der Waals surface area contributed by atoms with Crippen LogP contribution in [0.4, 0.5) is 18.0 Å². The number of nitrogens with one attached hydrogen (secondary N) is 1. The number of hydrogen-bond acceptors (Lipinski definition) is 3. The summed E-state index contributed by atoms with van der Waals surface area (Å²) in [4.78, 5) is 12.3. The van der Waals surface area contributed by atoms with Crippen molar-refractivity contribution in [3.63, 3.8) is 0 Å². The summed E-state index contributed by atoms with van der Waals surface area (Å²) in [6.07, 6.45) is -4.56. The standard InChI is InChI=1S/C17H14ClF3N4O/c1-9-3-4-11(5-10(9)2)8-22-16(26)25-15-13(18)6-12(17(19,20)21)7-14(15)23-24-25/h3-7H,8H2,1-2H3,(H,22,26). The van der Waals surface area contributed by atoms with E-state index in [1.807, 2.05) is 32.0 Å². The fourth-order valence-electron chi connectivity index (χ4n) is 2.48. The molecule has 0 aliphatic carbocycles. The number of nitrogens with zero attached hydrogens (tertiary/aromatic N) is 3. The summed E-state index contributed by atoms with van der Waals surface area (Å²) in [5, 5.41) is 9.65. The number of alkyl halides is 3. The van der Waals surface area contributed by atoms with E-state index in [-0.39, 0.29) is 22.6 Å². The van der Waals surface area contributed by atoms with Gasteiger partial charge in [-0.05, 0) is 42.7 Å². The molecule has 1 heterocycles. The Morgan fingerprint density at radius 1 is 1.19 bits per heavy atom. The smallest absolute Gasteiger partial charge is 0.332 e. The van der Waals surface area contributed by atoms with Crippen molar-refractivity contribution in [2.24, 2.45) is 0 Å². The predicted octanol–water partition coefficient (Wildman–Crippen LogP) is 4.48. The molecular formula is C17H14ClF3N4O. The van der Waals surface area contributed by atoms with Gasteiger partial charge in [-0.25, -0.2) is 4.79 Å². The summed E-state index contributed by atoms with van der Waals surface area (Å²) in [5.41, 5.74) is 2.08. The van der Waals surface area contributed by atoms with Crippen LogP contribution in [0, 0.1) is 13.8 Å². The van der Waals surface area contributed by atoms with Gasteiger partial charge in [-0.2, -0.15) is 17.9 Å². The molecule has 3 aromatic rings. The van der Waals surface area contributed by atoms with Gasteiger partial charge in [-0.1, -0.05) is 35.0 Å². The van der Waals surface area contributed by atoms with Crippen LogP contribution in [0.2, 0.25) is 5.02 Å². The minimum atomic E-state index is -4.56. The van der Waals surface area contributed by atoms with E-state index < -0.39 is 17.8 Å². The van der Waals surface area contributed by atoms with E-state index in [2.05, 4.69) is 15.6 Å². The van der Waals surface area contributed by atoms with Gasteiger partial charge in [0.2, 0.25) is 0 Å². The molecule has 2 aromatic carbocycles. The average molecular weight is 383 g/mol. The molecule has 0 fully saturated rings. The highest BCUT2D eigenvalue weighted by Gasteiger charge is 2.32. The lowest BCUT2D eigenvalue weighted by molar-refractivity contribution is -0.137. The first-order valence-electron chi connectivity index (χ1n) is 7.63. The van der Waals surface area contributed by atoms with Gasteiger partial charge >= 0.3 is 12.2 Å². The van der Waals surface area contributed by atoms with E-state index in [0.29, 0.717) is 0 Å². The van der Waals surface area contributed by atoms with E-state index in [1.54, 1.807) is 0 Å². The number of carbonyl (C=O) groups excluding carboxylic acids is 1. The third-order valence-corrected chi connectivity index (χ3v) is 4.32. The second-order valence-corrected chi connectivity index (χ2v) is 6.31. The second kappa shape index (κ2) is 6.60. The maximum Gasteiger partial charge on any atom is 0.416 e. The fourth-order valence-corrected chi connectivity index (χ4v) is 2.77. The van der Waals surface area contributed by atoms with Crippen molar-refractivity contribution in [1.29, 1.82) is 0 Å². The molecule has 0 saturated carbocycles. The van der Waals surface area contributed by atoms with Crippen molar-refractivity contribution in [3.8, 4) is 0 Å². The van der Waals surface area contributed by atoms with Crippen LogP contribution in [0.15, 0.2) is 30.3 Å².